The van der Waals surface area contributed by atoms with Crippen LogP contribution >= 0.6 is 0 Å². The fourth-order valence-corrected chi connectivity index (χ4v) is 1.90. The largest absolute Gasteiger partial charge is 0.393 e. The highest BCUT2D eigenvalue weighted by Gasteiger charge is 2.34. The minimum Gasteiger partial charge on any atom is -0.393 e. The minimum atomic E-state index is -0.430. The average molecular weight is 193 g/mol. The van der Waals surface area contributed by atoms with Gasteiger partial charge in [0.2, 0.25) is 0 Å². The number of nitrogens with two attached hydrogens (primary N) is 1. The molecular formula is C10H15N3O. The van der Waals surface area contributed by atoms with Gasteiger partial charge in [0.15, 0.2) is 0 Å². The molecule has 1 fully saturated rings. The molecule has 76 valence electrons. The third-order valence-corrected chi connectivity index (χ3v) is 2.86. The highest BCUT2D eigenvalue weighted by Crippen LogP contribution is 2.32. The van der Waals surface area contributed by atoms with Crippen LogP contribution < -0.4 is 5.73 Å². The second kappa shape index (κ2) is 3.63. The zero-order valence-corrected chi connectivity index (χ0v) is 8.06. The van der Waals surface area contributed by atoms with Crippen LogP contribution in [0.5, 0.6) is 0 Å². The Morgan fingerprint density at radius 3 is 2.43 bits per heavy atom. The maximum Gasteiger partial charge on any atom is 0.147 e. The molecule has 1 heterocycles. The molecule has 0 atom stereocenters. The molecular weight excluding hydrogens is 178 g/mol. The first-order valence-corrected chi connectivity index (χ1v) is 4.95. The van der Waals surface area contributed by atoms with Gasteiger partial charge in [0, 0.05) is 12.4 Å². The normalized spacial score (nSPS) is 32.9. The van der Waals surface area contributed by atoms with E-state index in [-0.39, 0.29) is 6.10 Å². The molecule has 0 aliphatic heterocycles. The van der Waals surface area contributed by atoms with Crippen LogP contribution in [0.1, 0.15) is 31.5 Å². The van der Waals surface area contributed by atoms with Gasteiger partial charge < -0.3 is 10.8 Å². The van der Waals surface area contributed by atoms with Crippen LogP contribution in [0.15, 0.2) is 18.5 Å². The lowest BCUT2D eigenvalue weighted by molar-refractivity contribution is 0.0942. The number of rotatable bonds is 1. The molecule has 4 nitrogen and oxygen atoms in total. The molecule has 1 aliphatic carbocycles. The molecule has 1 saturated carbocycles. The van der Waals surface area contributed by atoms with Crippen LogP contribution in [-0.2, 0) is 5.54 Å². The molecule has 0 bridgehead atoms. The van der Waals surface area contributed by atoms with Crippen molar-refractivity contribution in [3.8, 4) is 0 Å². The molecule has 1 aromatic heterocycles. The summed E-state index contributed by atoms with van der Waals surface area (Å²) >= 11 is 0. The Bertz CT molecular complexity index is 293. The van der Waals surface area contributed by atoms with Crippen LogP contribution in [0.3, 0.4) is 0 Å². The van der Waals surface area contributed by atoms with Crippen LogP contribution in [-0.4, -0.2) is 21.2 Å². The summed E-state index contributed by atoms with van der Waals surface area (Å²) in [6, 6.07) is 1.78. The summed E-state index contributed by atoms with van der Waals surface area (Å²) in [6.07, 6.45) is 6.24. The van der Waals surface area contributed by atoms with Gasteiger partial charge in [-0.1, -0.05) is 0 Å². The number of nitrogens with zero attached hydrogens (tertiary/aromatic N) is 2. The van der Waals surface area contributed by atoms with Gasteiger partial charge in [-0.05, 0) is 31.7 Å². The van der Waals surface area contributed by atoms with Crippen molar-refractivity contribution >= 4 is 0 Å². The van der Waals surface area contributed by atoms with Crippen LogP contribution in [0.4, 0.5) is 0 Å². The van der Waals surface area contributed by atoms with Crippen molar-refractivity contribution in [3.63, 3.8) is 0 Å². The van der Waals surface area contributed by atoms with Gasteiger partial charge in [0.1, 0.15) is 5.82 Å². The van der Waals surface area contributed by atoms with E-state index in [1.54, 1.807) is 18.5 Å². The van der Waals surface area contributed by atoms with Crippen LogP contribution in [0.25, 0.3) is 0 Å². The highest BCUT2D eigenvalue weighted by molar-refractivity contribution is 5.06. The Morgan fingerprint density at radius 1 is 1.29 bits per heavy atom. The predicted octanol–water partition coefficient (Wildman–Crippen LogP) is 0.565. The fraction of sp³-hybridized carbons (Fsp3) is 0.600. The zero-order chi connectivity index (χ0) is 10.0. The van der Waals surface area contributed by atoms with Gasteiger partial charge in [-0.15, -0.1) is 0 Å². The van der Waals surface area contributed by atoms with Crippen molar-refractivity contribution in [1.82, 2.24) is 9.97 Å². The number of aliphatic hydroxyl groups excluding tert-OH is 1. The molecule has 0 unspecified atom stereocenters. The lowest BCUT2D eigenvalue weighted by Gasteiger charge is -2.33. The number of hydrogen-bond donors (Lipinski definition) is 2. The van der Waals surface area contributed by atoms with E-state index in [1.165, 1.54) is 0 Å². The van der Waals surface area contributed by atoms with Gasteiger partial charge in [-0.2, -0.15) is 0 Å². The van der Waals surface area contributed by atoms with Gasteiger partial charge in [-0.25, -0.2) is 9.97 Å². The molecule has 4 heteroatoms. The molecule has 0 aromatic carbocycles. The maximum atomic E-state index is 9.39. The van der Waals surface area contributed by atoms with E-state index in [0.717, 1.165) is 25.7 Å². The van der Waals surface area contributed by atoms with Crippen LogP contribution in [0.2, 0.25) is 0 Å². The molecule has 3 N–H and O–H groups in total. The summed E-state index contributed by atoms with van der Waals surface area (Å²) in [6.45, 7) is 0. The van der Waals surface area contributed by atoms with E-state index in [1.807, 2.05) is 0 Å². The van der Waals surface area contributed by atoms with E-state index in [9.17, 15) is 5.11 Å². The fourth-order valence-electron chi connectivity index (χ4n) is 1.90. The minimum absolute atomic E-state index is 0.199. The van der Waals surface area contributed by atoms with Crippen molar-refractivity contribution in [2.75, 3.05) is 0 Å². The standard InChI is InChI=1S/C10H15N3O/c11-10(4-2-8(14)3-5-10)9-12-6-1-7-13-9/h1,6-8,14H,2-5,11H2. The molecule has 14 heavy (non-hydrogen) atoms. The van der Waals surface area contributed by atoms with Gasteiger partial charge in [0.05, 0.1) is 11.6 Å². The highest BCUT2D eigenvalue weighted by atomic mass is 16.3. The summed E-state index contributed by atoms with van der Waals surface area (Å²) in [5, 5.41) is 9.39. The van der Waals surface area contributed by atoms with E-state index in [0.29, 0.717) is 5.82 Å². The number of hydrogen-bond acceptors (Lipinski definition) is 4. The monoisotopic (exact) mass is 193 g/mol. The Hall–Kier alpha value is -1.00. The van der Waals surface area contributed by atoms with E-state index < -0.39 is 5.54 Å². The first kappa shape index (κ1) is 9.55. The molecule has 0 amide bonds. The number of aromatic nitrogens is 2. The van der Waals surface area contributed by atoms with Crippen LogP contribution in [0, 0.1) is 0 Å². The molecule has 0 spiro atoms. The van der Waals surface area contributed by atoms with Crippen molar-refractivity contribution in [2.24, 2.45) is 5.73 Å². The zero-order valence-electron chi connectivity index (χ0n) is 8.06. The van der Waals surface area contributed by atoms with Crippen molar-refractivity contribution in [1.29, 1.82) is 0 Å². The third-order valence-electron chi connectivity index (χ3n) is 2.86. The van der Waals surface area contributed by atoms with Gasteiger partial charge in [-0.3, -0.25) is 0 Å². The quantitative estimate of drug-likeness (QED) is 0.683. The summed E-state index contributed by atoms with van der Waals surface area (Å²) in [7, 11) is 0. The lowest BCUT2D eigenvalue weighted by atomic mass is 9.80. The summed E-state index contributed by atoms with van der Waals surface area (Å²) in [5.74, 6) is 0.701. The molecule has 2 rings (SSSR count). The first-order chi connectivity index (χ1) is 6.71. The Labute approximate surface area is 83.2 Å². The molecule has 0 radical (unpaired) electrons. The second-order valence-electron chi connectivity index (χ2n) is 3.96. The second-order valence-corrected chi connectivity index (χ2v) is 3.96. The SMILES string of the molecule is NC1(c2ncccn2)CCC(O)CC1. The Morgan fingerprint density at radius 2 is 1.86 bits per heavy atom. The lowest BCUT2D eigenvalue weighted by Crippen LogP contribution is -2.43. The van der Waals surface area contributed by atoms with Gasteiger partial charge in [0.25, 0.3) is 0 Å². The smallest absolute Gasteiger partial charge is 0.147 e. The summed E-state index contributed by atoms with van der Waals surface area (Å²) < 4.78 is 0. The topological polar surface area (TPSA) is 72.0 Å². The van der Waals surface area contributed by atoms with E-state index in [2.05, 4.69) is 9.97 Å². The van der Waals surface area contributed by atoms with E-state index >= 15 is 0 Å². The Kier molecular flexibility index (Phi) is 2.48. The first-order valence-electron chi connectivity index (χ1n) is 4.95. The molecule has 1 aromatic rings. The van der Waals surface area contributed by atoms with E-state index in [4.69, 9.17) is 5.73 Å². The predicted molar refractivity (Wildman–Crippen MR) is 52.4 cm³/mol. The molecule has 0 saturated heterocycles. The van der Waals surface area contributed by atoms with Crippen molar-refractivity contribution in [3.05, 3.63) is 24.3 Å². The third kappa shape index (κ3) is 1.76. The molecule has 1 aliphatic rings. The number of aliphatic hydroxyl groups is 1. The van der Waals surface area contributed by atoms with Crippen molar-refractivity contribution < 1.29 is 5.11 Å². The van der Waals surface area contributed by atoms with Gasteiger partial charge >= 0.3 is 0 Å². The Balaban J connectivity index is 2.17. The summed E-state index contributed by atoms with van der Waals surface area (Å²) in [5.41, 5.74) is 5.78. The average Bonchev–Trinajstić information content (AvgIpc) is 2.24. The maximum absolute atomic E-state index is 9.39. The van der Waals surface area contributed by atoms with Crippen molar-refractivity contribution in [2.45, 2.75) is 37.3 Å². The summed E-state index contributed by atoms with van der Waals surface area (Å²) in [4.78, 5) is 8.36.